The summed E-state index contributed by atoms with van der Waals surface area (Å²) in [5, 5.41) is 9.40. The van der Waals surface area contributed by atoms with Crippen LogP contribution in [-0.2, 0) is 0 Å². The van der Waals surface area contributed by atoms with E-state index in [4.69, 9.17) is 0 Å². The van der Waals surface area contributed by atoms with E-state index in [1.807, 2.05) is 16.7 Å². The fraction of sp³-hybridized carbons (Fsp3) is 0.364. The molecule has 14 heavy (non-hydrogen) atoms. The van der Waals surface area contributed by atoms with E-state index >= 15 is 0 Å². The Kier molecular flexibility index (Phi) is 1.54. The largest absolute Gasteiger partial charge is 0.506 e. The molecule has 0 radical (unpaired) electrons. The van der Waals surface area contributed by atoms with E-state index in [9.17, 15) is 5.11 Å². The molecule has 0 spiro atoms. The number of nitrogens with zero attached hydrogens (tertiary/aromatic N) is 2. The number of pyridine rings is 1. The quantitative estimate of drug-likeness (QED) is 0.745. The summed E-state index contributed by atoms with van der Waals surface area (Å²) in [5.74, 6) is 2.00. The Bertz CT molecular complexity index is 471. The van der Waals surface area contributed by atoms with Gasteiger partial charge in [-0.3, -0.25) is 4.40 Å². The molecular weight excluding hydrogens is 176 g/mol. The summed E-state index contributed by atoms with van der Waals surface area (Å²) in [7, 11) is 0. The van der Waals surface area contributed by atoms with Gasteiger partial charge in [0.05, 0.1) is 17.9 Å². The van der Waals surface area contributed by atoms with Gasteiger partial charge in [0.25, 0.3) is 0 Å². The molecule has 2 aromatic rings. The van der Waals surface area contributed by atoms with E-state index in [0.717, 1.165) is 11.3 Å². The number of rotatable bonds is 1. The van der Waals surface area contributed by atoms with Gasteiger partial charge in [-0.1, -0.05) is 6.42 Å². The second kappa shape index (κ2) is 2.74. The monoisotopic (exact) mass is 188 g/mol. The van der Waals surface area contributed by atoms with Gasteiger partial charge in [0.1, 0.15) is 11.6 Å². The fourth-order valence-electron chi connectivity index (χ4n) is 1.97. The number of hydrogen-bond donors (Lipinski definition) is 1. The number of hydrogen-bond acceptors (Lipinski definition) is 2. The van der Waals surface area contributed by atoms with Crippen molar-refractivity contribution >= 4 is 5.52 Å². The van der Waals surface area contributed by atoms with Gasteiger partial charge in [0, 0.05) is 5.92 Å². The van der Waals surface area contributed by atoms with Gasteiger partial charge < -0.3 is 5.11 Å². The van der Waals surface area contributed by atoms with E-state index in [1.165, 1.54) is 19.3 Å². The van der Waals surface area contributed by atoms with Crippen molar-refractivity contribution in [2.24, 2.45) is 0 Å². The molecule has 1 saturated carbocycles. The minimum absolute atomic E-state index is 0.302. The Morgan fingerprint density at radius 3 is 2.93 bits per heavy atom. The lowest BCUT2D eigenvalue weighted by atomic mass is 9.85. The number of fused-ring (bicyclic) bond motifs is 1. The molecule has 0 aliphatic heterocycles. The molecule has 72 valence electrons. The van der Waals surface area contributed by atoms with Gasteiger partial charge in [0.15, 0.2) is 0 Å². The van der Waals surface area contributed by atoms with Gasteiger partial charge in [-0.2, -0.15) is 0 Å². The highest BCUT2D eigenvalue weighted by Crippen LogP contribution is 2.35. The molecule has 2 heterocycles. The van der Waals surface area contributed by atoms with E-state index in [1.54, 1.807) is 12.3 Å². The van der Waals surface area contributed by atoms with Gasteiger partial charge in [-0.25, -0.2) is 4.98 Å². The molecule has 3 heteroatoms. The summed E-state index contributed by atoms with van der Waals surface area (Å²) >= 11 is 0. The molecular formula is C11H12N2O. The summed E-state index contributed by atoms with van der Waals surface area (Å²) < 4.78 is 2.00. The van der Waals surface area contributed by atoms with Crippen molar-refractivity contribution in [3.8, 4) is 5.75 Å². The predicted molar refractivity (Wildman–Crippen MR) is 53.4 cm³/mol. The van der Waals surface area contributed by atoms with E-state index in [-0.39, 0.29) is 0 Å². The van der Waals surface area contributed by atoms with Crippen LogP contribution in [-0.4, -0.2) is 14.5 Å². The molecule has 1 N–H and O–H groups in total. The summed E-state index contributed by atoms with van der Waals surface area (Å²) in [6.07, 6.45) is 7.38. The van der Waals surface area contributed by atoms with E-state index in [0.29, 0.717) is 11.7 Å². The smallest absolute Gasteiger partial charge is 0.132 e. The molecule has 1 fully saturated rings. The standard InChI is InChI=1S/C11H12N2O/c14-10-5-4-9-6-12-11(13(9)7-10)8-2-1-3-8/h4-8,14H,1-3H2. The molecule has 0 atom stereocenters. The maximum atomic E-state index is 9.40. The molecule has 2 aromatic heterocycles. The minimum atomic E-state index is 0.302. The highest BCUT2D eigenvalue weighted by Gasteiger charge is 2.23. The van der Waals surface area contributed by atoms with Crippen molar-refractivity contribution in [2.75, 3.05) is 0 Å². The van der Waals surface area contributed by atoms with Crippen LogP contribution in [0.2, 0.25) is 0 Å². The number of aromatic hydroxyl groups is 1. The first-order chi connectivity index (χ1) is 6.84. The number of aromatic nitrogens is 2. The second-order valence-corrected chi connectivity index (χ2v) is 3.93. The van der Waals surface area contributed by atoms with E-state index < -0.39 is 0 Å². The SMILES string of the molecule is Oc1ccc2cnc(C3CCC3)n2c1. The first-order valence-corrected chi connectivity index (χ1v) is 5.00. The van der Waals surface area contributed by atoms with Crippen LogP contribution in [0, 0.1) is 0 Å². The Labute approximate surface area is 82.0 Å². The Morgan fingerprint density at radius 1 is 1.36 bits per heavy atom. The molecule has 0 aromatic carbocycles. The third kappa shape index (κ3) is 1.02. The average Bonchev–Trinajstić information content (AvgIpc) is 2.46. The van der Waals surface area contributed by atoms with Gasteiger partial charge >= 0.3 is 0 Å². The first-order valence-electron chi connectivity index (χ1n) is 5.00. The second-order valence-electron chi connectivity index (χ2n) is 3.93. The van der Waals surface area contributed by atoms with Crippen LogP contribution in [0.15, 0.2) is 24.5 Å². The molecule has 0 unspecified atom stereocenters. The lowest BCUT2D eigenvalue weighted by molar-refractivity contribution is 0.399. The van der Waals surface area contributed by atoms with Crippen molar-refractivity contribution in [1.29, 1.82) is 0 Å². The van der Waals surface area contributed by atoms with Crippen molar-refractivity contribution in [3.63, 3.8) is 0 Å². The zero-order chi connectivity index (χ0) is 9.54. The Balaban J connectivity index is 2.18. The van der Waals surface area contributed by atoms with Crippen LogP contribution in [0.4, 0.5) is 0 Å². The Hall–Kier alpha value is -1.51. The maximum Gasteiger partial charge on any atom is 0.132 e. The van der Waals surface area contributed by atoms with Crippen molar-refractivity contribution < 1.29 is 5.11 Å². The predicted octanol–water partition coefficient (Wildman–Crippen LogP) is 2.31. The highest BCUT2D eigenvalue weighted by molar-refractivity contribution is 5.48. The molecule has 0 bridgehead atoms. The normalized spacial score (nSPS) is 17.1. The molecule has 3 nitrogen and oxygen atoms in total. The summed E-state index contributed by atoms with van der Waals surface area (Å²) in [6.45, 7) is 0. The summed E-state index contributed by atoms with van der Waals surface area (Å²) in [6, 6.07) is 3.59. The molecule has 3 rings (SSSR count). The third-order valence-electron chi connectivity index (χ3n) is 3.01. The average molecular weight is 188 g/mol. The maximum absolute atomic E-state index is 9.40. The van der Waals surface area contributed by atoms with Crippen LogP contribution in [0.3, 0.4) is 0 Å². The van der Waals surface area contributed by atoms with E-state index in [2.05, 4.69) is 4.98 Å². The number of imidazole rings is 1. The summed E-state index contributed by atoms with van der Waals surface area (Å²) in [4.78, 5) is 4.41. The highest BCUT2D eigenvalue weighted by atomic mass is 16.3. The van der Waals surface area contributed by atoms with Crippen LogP contribution >= 0.6 is 0 Å². The van der Waals surface area contributed by atoms with Crippen molar-refractivity contribution in [2.45, 2.75) is 25.2 Å². The van der Waals surface area contributed by atoms with Crippen LogP contribution in [0.5, 0.6) is 5.75 Å². The van der Waals surface area contributed by atoms with Gasteiger partial charge in [-0.05, 0) is 25.0 Å². The third-order valence-corrected chi connectivity index (χ3v) is 3.01. The lowest BCUT2D eigenvalue weighted by Gasteiger charge is -2.23. The molecule has 1 aliphatic carbocycles. The van der Waals surface area contributed by atoms with Crippen molar-refractivity contribution in [1.82, 2.24) is 9.38 Å². The fourth-order valence-corrected chi connectivity index (χ4v) is 1.97. The van der Waals surface area contributed by atoms with Gasteiger partial charge in [0.2, 0.25) is 0 Å². The Morgan fingerprint density at radius 2 is 2.21 bits per heavy atom. The summed E-state index contributed by atoms with van der Waals surface area (Å²) in [5.41, 5.74) is 1.06. The van der Waals surface area contributed by atoms with Crippen LogP contribution < -0.4 is 0 Å². The molecule has 1 aliphatic rings. The minimum Gasteiger partial charge on any atom is -0.506 e. The van der Waals surface area contributed by atoms with Crippen LogP contribution in [0.1, 0.15) is 31.0 Å². The zero-order valence-electron chi connectivity index (χ0n) is 7.85. The molecule has 0 saturated heterocycles. The van der Waals surface area contributed by atoms with Gasteiger partial charge in [-0.15, -0.1) is 0 Å². The topological polar surface area (TPSA) is 37.5 Å². The zero-order valence-corrected chi connectivity index (χ0v) is 7.85. The first kappa shape index (κ1) is 7.85. The molecule has 0 amide bonds. The van der Waals surface area contributed by atoms with Crippen LogP contribution in [0.25, 0.3) is 5.52 Å². The lowest BCUT2D eigenvalue weighted by Crippen LogP contribution is -2.12. The van der Waals surface area contributed by atoms with Crippen molar-refractivity contribution in [3.05, 3.63) is 30.4 Å².